The predicted octanol–water partition coefficient (Wildman–Crippen LogP) is 4.64. The molecule has 32 heavy (non-hydrogen) atoms. The van der Waals surface area contributed by atoms with Crippen molar-refractivity contribution in [3.05, 3.63) is 40.8 Å². The van der Waals surface area contributed by atoms with Gasteiger partial charge < -0.3 is 24.6 Å². The minimum Gasteiger partial charge on any atom is -0.485 e. The summed E-state index contributed by atoms with van der Waals surface area (Å²) in [4.78, 5) is 20.8. The number of carboxylic acids is 1. The van der Waals surface area contributed by atoms with Gasteiger partial charge in [-0.25, -0.2) is 19.2 Å². The first-order valence-electron chi connectivity index (χ1n) is 10.3. The molecule has 1 saturated carbocycles. The standard InChI is InChI=1S/C22H22FN3O5S/c1-10-16-19(24-9-25-20(16)32-18(10)21(27)28)26-12-5-4-11(23)8-15(12)29-13-6-7-14-17(13)31-22(2,3)30-14/h4-5,8-9,13-14,17H,6-7H2,1-3H3,(H,27,28)(H,24,25,26)/t13-,14+,17-/m1/s1. The number of anilines is 2. The Morgan fingerprint density at radius 1 is 1.31 bits per heavy atom. The first-order chi connectivity index (χ1) is 15.2. The average molecular weight is 459 g/mol. The third-order valence-corrected chi connectivity index (χ3v) is 6.91. The first-order valence-corrected chi connectivity index (χ1v) is 11.1. The molecule has 0 spiro atoms. The molecule has 168 valence electrons. The molecule has 8 nitrogen and oxygen atoms in total. The van der Waals surface area contributed by atoms with Crippen molar-refractivity contribution in [3.63, 3.8) is 0 Å². The Morgan fingerprint density at radius 3 is 2.91 bits per heavy atom. The third kappa shape index (κ3) is 3.68. The molecule has 2 aromatic heterocycles. The van der Waals surface area contributed by atoms with Gasteiger partial charge in [-0.05, 0) is 51.3 Å². The molecule has 0 unspecified atom stereocenters. The van der Waals surface area contributed by atoms with E-state index in [0.29, 0.717) is 33.0 Å². The highest BCUT2D eigenvalue weighted by atomic mass is 32.1. The van der Waals surface area contributed by atoms with Gasteiger partial charge >= 0.3 is 5.97 Å². The number of aryl methyl sites for hydroxylation is 1. The van der Waals surface area contributed by atoms with Crippen LogP contribution in [0.15, 0.2) is 24.5 Å². The van der Waals surface area contributed by atoms with Crippen LogP contribution in [0.3, 0.4) is 0 Å². The molecule has 1 saturated heterocycles. The normalized spacial score (nSPS) is 23.9. The Kier molecular flexibility index (Phi) is 5.03. The van der Waals surface area contributed by atoms with E-state index < -0.39 is 17.6 Å². The highest BCUT2D eigenvalue weighted by Crippen LogP contribution is 2.42. The van der Waals surface area contributed by atoms with Gasteiger partial charge in [-0.1, -0.05) is 0 Å². The lowest BCUT2D eigenvalue weighted by atomic mass is 10.2. The number of hydrogen-bond acceptors (Lipinski definition) is 8. The fraction of sp³-hybridized carbons (Fsp3) is 0.409. The molecule has 10 heteroatoms. The first kappa shape index (κ1) is 21.0. The molecular weight excluding hydrogens is 437 g/mol. The zero-order valence-corrected chi connectivity index (χ0v) is 18.5. The van der Waals surface area contributed by atoms with E-state index in [2.05, 4.69) is 15.3 Å². The van der Waals surface area contributed by atoms with E-state index in [9.17, 15) is 14.3 Å². The number of carboxylic acid groups (broad SMARTS) is 1. The Balaban J connectivity index is 1.47. The van der Waals surface area contributed by atoms with Crippen LogP contribution < -0.4 is 10.1 Å². The van der Waals surface area contributed by atoms with Crippen LogP contribution in [0.5, 0.6) is 5.75 Å². The van der Waals surface area contributed by atoms with Crippen LogP contribution in [0.25, 0.3) is 10.2 Å². The predicted molar refractivity (Wildman–Crippen MR) is 116 cm³/mol. The van der Waals surface area contributed by atoms with Gasteiger partial charge in [-0.2, -0.15) is 0 Å². The number of nitrogens with zero attached hydrogens (tertiary/aromatic N) is 2. The molecule has 0 bridgehead atoms. The Bertz CT molecular complexity index is 1210. The lowest BCUT2D eigenvalue weighted by Gasteiger charge is -2.24. The molecule has 1 aliphatic carbocycles. The number of rotatable bonds is 5. The van der Waals surface area contributed by atoms with Crippen LogP contribution in [0.4, 0.5) is 15.9 Å². The second-order valence-electron chi connectivity index (χ2n) is 8.40. The average Bonchev–Trinajstić information content (AvgIpc) is 3.35. The van der Waals surface area contributed by atoms with Gasteiger partial charge in [0.25, 0.3) is 0 Å². The maximum atomic E-state index is 14.1. The molecule has 2 fully saturated rings. The summed E-state index contributed by atoms with van der Waals surface area (Å²) in [6, 6.07) is 4.21. The van der Waals surface area contributed by atoms with Gasteiger partial charge in [0, 0.05) is 6.07 Å². The van der Waals surface area contributed by atoms with E-state index in [1.807, 2.05) is 13.8 Å². The molecular formula is C22H22FN3O5S. The number of hydrogen-bond donors (Lipinski definition) is 2. The van der Waals surface area contributed by atoms with Gasteiger partial charge in [0.15, 0.2) is 5.79 Å². The van der Waals surface area contributed by atoms with E-state index >= 15 is 0 Å². The van der Waals surface area contributed by atoms with Crippen molar-refractivity contribution in [3.8, 4) is 5.75 Å². The molecule has 3 atom stereocenters. The van der Waals surface area contributed by atoms with E-state index in [0.717, 1.165) is 24.2 Å². The molecule has 2 N–H and O–H groups in total. The zero-order chi connectivity index (χ0) is 22.6. The Hall–Kier alpha value is -2.82. The van der Waals surface area contributed by atoms with E-state index in [-0.39, 0.29) is 23.2 Å². The van der Waals surface area contributed by atoms with Crippen molar-refractivity contribution in [2.75, 3.05) is 5.32 Å². The van der Waals surface area contributed by atoms with E-state index in [1.54, 1.807) is 13.0 Å². The summed E-state index contributed by atoms with van der Waals surface area (Å²) < 4.78 is 32.2. The van der Waals surface area contributed by atoms with Crippen molar-refractivity contribution in [1.82, 2.24) is 9.97 Å². The highest BCUT2D eigenvalue weighted by Gasteiger charge is 2.50. The summed E-state index contributed by atoms with van der Waals surface area (Å²) in [6.45, 7) is 5.45. The quantitative estimate of drug-likeness (QED) is 0.569. The van der Waals surface area contributed by atoms with Gasteiger partial charge in [0.2, 0.25) is 0 Å². The number of benzene rings is 1. The maximum Gasteiger partial charge on any atom is 0.346 e. The van der Waals surface area contributed by atoms with Gasteiger partial charge in [0.1, 0.15) is 45.6 Å². The maximum absolute atomic E-state index is 14.1. The minimum absolute atomic E-state index is 0.0515. The van der Waals surface area contributed by atoms with Crippen molar-refractivity contribution >= 4 is 39.0 Å². The lowest BCUT2D eigenvalue weighted by Crippen LogP contribution is -2.33. The zero-order valence-electron chi connectivity index (χ0n) is 17.7. The number of halogens is 1. The van der Waals surface area contributed by atoms with Crippen molar-refractivity contribution in [2.45, 2.75) is 57.7 Å². The largest absolute Gasteiger partial charge is 0.485 e. The minimum atomic E-state index is -1.01. The number of fused-ring (bicyclic) bond motifs is 2. The molecule has 5 rings (SSSR count). The number of carbonyl (C=O) groups is 1. The molecule has 0 amide bonds. The Morgan fingerprint density at radius 2 is 2.12 bits per heavy atom. The summed E-state index contributed by atoms with van der Waals surface area (Å²) >= 11 is 1.09. The summed E-state index contributed by atoms with van der Waals surface area (Å²) in [7, 11) is 0. The van der Waals surface area contributed by atoms with Crippen molar-refractivity contribution < 1.29 is 28.5 Å². The topological polar surface area (TPSA) is 103 Å². The van der Waals surface area contributed by atoms with Crippen LogP contribution in [-0.4, -0.2) is 45.1 Å². The second kappa shape index (κ2) is 7.65. The molecule has 3 aromatic rings. The lowest BCUT2D eigenvalue weighted by molar-refractivity contribution is -0.159. The Labute approximate surface area is 187 Å². The monoisotopic (exact) mass is 459 g/mol. The third-order valence-electron chi connectivity index (χ3n) is 5.72. The summed E-state index contributed by atoms with van der Waals surface area (Å²) in [5.41, 5.74) is 1.08. The van der Waals surface area contributed by atoms with Crippen LogP contribution in [-0.2, 0) is 9.47 Å². The van der Waals surface area contributed by atoms with Crippen LogP contribution in [0, 0.1) is 12.7 Å². The fourth-order valence-electron chi connectivity index (χ4n) is 4.38. The van der Waals surface area contributed by atoms with E-state index in [1.165, 1.54) is 18.5 Å². The number of ether oxygens (including phenoxy) is 3. The fourth-order valence-corrected chi connectivity index (χ4v) is 5.37. The summed E-state index contributed by atoms with van der Waals surface area (Å²) in [6.07, 6.45) is 2.33. The van der Waals surface area contributed by atoms with Crippen molar-refractivity contribution in [2.24, 2.45) is 0 Å². The highest BCUT2D eigenvalue weighted by molar-refractivity contribution is 7.20. The number of aromatic nitrogens is 2. The molecule has 3 heterocycles. The van der Waals surface area contributed by atoms with E-state index in [4.69, 9.17) is 14.2 Å². The number of aromatic carboxylic acids is 1. The van der Waals surface area contributed by atoms with Crippen LogP contribution >= 0.6 is 11.3 Å². The van der Waals surface area contributed by atoms with Gasteiger partial charge in [-0.15, -0.1) is 11.3 Å². The number of nitrogens with one attached hydrogen (secondary N) is 1. The van der Waals surface area contributed by atoms with Crippen LogP contribution in [0.2, 0.25) is 0 Å². The SMILES string of the molecule is Cc1c(C(=O)O)sc2ncnc(Nc3ccc(F)cc3O[C@@H]3CC[C@@H]4OC(C)(C)O[C@@H]43)c12. The second-order valence-corrected chi connectivity index (χ2v) is 9.40. The number of thiophene rings is 1. The summed E-state index contributed by atoms with van der Waals surface area (Å²) in [5, 5.41) is 13.2. The van der Waals surface area contributed by atoms with Gasteiger partial charge in [-0.3, -0.25) is 0 Å². The van der Waals surface area contributed by atoms with Crippen molar-refractivity contribution in [1.29, 1.82) is 0 Å². The van der Waals surface area contributed by atoms with Gasteiger partial charge in [0.05, 0.1) is 17.2 Å². The molecule has 0 radical (unpaired) electrons. The van der Waals surface area contributed by atoms with Crippen LogP contribution in [0.1, 0.15) is 41.9 Å². The smallest absolute Gasteiger partial charge is 0.346 e. The molecule has 2 aliphatic rings. The molecule has 1 aliphatic heterocycles. The summed E-state index contributed by atoms with van der Waals surface area (Å²) in [5.74, 6) is -1.37. The molecule has 1 aromatic carbocycles.